The van der Waals surface area contributed by atoms with Crippen LogP contribution >= 0.6 is 11.3 Å². The predicted molar refractivity (Wildman–Crippen MR) is 204 cm³/mol. The standard InChI is InChI=1S/C17H10N4S.2C12H12N2.Ru/c1-4-10-13(18-7-1)14-11(5-2-8-19-14)16-15(10)20-17(21-16)12-6-3-9-22-12;2*1-9-5-6-11(14-8-9)12-10(2)4-3-7-13-12;/h1-9H,(H,20,21);2*3-8H,1-2H3;/q;;;+3. The molecular formula is C41H34N8RuS+3. The van der Waals surface area contributed by atoms with Crippen LogP contribution in [0.5, 0.6) is 0 Å². The van der Waals surface area contributed by atoms with Gasteiger partial charge in [0.2, 0.25) is 0 Å². The van der Waals surface area contributed by atoms with Crippen LogP contribution in [0.25, 0.3) is 66.3 Å². The molecule has 1 aromatic carbocycles. The van der Waals surface area contributed by atoms with E-state index in [1.807, 2.05) is 94.7 Å². The molecule has 1 radical (unpaired) electrons. The van der Waals surface area contributed by atoms with Crippen LogP contribution in [0.2, 0.25) is 0 Å². The zero-order valence-corrected chi connectivity index (χ0v) is 31.1. The van der Waals surface area contributed by atoms with Gasteiger partial charge in [0.05, 0.1) is 49.7 Å². The fraction of sp³-hybridized carbons (Fsp3) is 0.0976. The van der Waals surface area contributed by atoms with E-state index in [0.717, 1.165) is 77.4 Å². The van der Waals surface area contributed by atoms with Crippen molar-refractivity contribution in [3.63, 3.8) is 0 Å². The van der Waals surface area contributed by atoms with Crippen LogP contribution in [-0.4, -0.2) is 39.9 Å². The van der Waals surface area contributed by atoms with Gasteiger partial charge in [-0.15, -0.1) is 11.3 Å². The third-order valence-electron chi connectivity index (χ3n) is 8.15. The van der Waals surface area contributed by atoms with E-state index in [-0.39, 0.29) is 19.5 Å². The molecule has 249 valence electrons. The normalized spacial score (nSPS) is 10.6. The van der Waals surface area contributed by atoms with Crippen molar-refractivity contribution in [1.82, 2.24) is 39.9 Å². The molecule has 9 rings (SSSR count). The quantitative estimate of drug-likeness (QED) is 0.141. The molecule has 8 nitrogen and oxygen atoms in total. The molecule has 0 saturated heterocycles. The summed E-state index contributed by atoms with van der Waals surface area (Å²) < 4.78 is 0. The fourth-order valence-corrected chi connectivity index (χ4v) is 6.27. The number of hydrogen-bond acceptors (Lipinski definition) is 8. The third-order valence-corrected chi connectivity index (χ3v) is 9.03. The van der Waals surface area contributed by atoms with Gasteiger partial charge in [0.15, 0.2) is 0 Å². The maximum Gasteiger partial charge on any atom is 3.00 e. The van der Waals surface area contributed by atoms with Crippen molar-refractivity contribution in [1.29, 1.82) is 0 Å². The van der Waals surface area contributed by atoms with Crippen LogP contribution in [0.15, 0.2) is 127 Å². The SMILES string of the molecule is Cc1ccc(-c2ncccc2C)nc1.Cc1ccc(-c2ncccc2C)nc1.[Ru+3].c1csc(-c2nc3c4cccnc4c4ncccc4c3[nH]2)c1. The smallest absolute Gasteiger partial charge is 0.337 e. The topological polar surface area (TPSA) is 106 Å². The number of aryl methyl sites for hydroxylation is 4. The van der Waals surface area contributed by atoms with Gasteiger partial charge in [-0.1, -0.05) is 30.3 Å². The summed E-state index contributed by atoms with van der Waals surface area (Å²) in [4.78, 5) is 35.8. The van der Waals surface area contributed by atoms with Crippen molar-refractivity contribution in [3.8, 4) is 33.5 Å². The molecule has 9 aromatic rings. The average Bonchev–Trinajstić information content (AvgIpc) is 3.86. The number of hydrogen-bond donors (Lipinski definition) is 1. The molecule has 8 heterocycles. The van der Waals surface area contributed by atoms with Crippen LogP contribution in [0.1, 0.15) is 22.3 Å². The Morgan fingerprint density at radius 1 is 0.510 bits per heavy atom. The third kappa shape index (κ3) is 7.78. The van der Waals surface area contributed by atoms with E-state index in [2.05, 4.69) is 70.6 Å². The number of benzene rings is 1. The number of aromatic nitrogens is 8. The Kier molecular flexibility index (Phi) is 11.0. The van der Waals surface area contributed by atoms with E-state index >= 15 is 0 Å². The molecule has 0 aliphatic heterocycles. The summed E-state index contributed by atoms with van der Waals surface area (Å²) in [6.45, 7) is 8.15. The first-order valence-corrected chi connectivity index (χ1v) is 17.1. The Balaban J connectivity index is 0.000000137. The van der Waals surface area contributed by atoms with E-state index in [4.69, 9.17) is 4.98 Å². The van der Waals surface area contributed by atoms with Gasteiger partial charge in [-0.2, -0.15) is 0 Å². The van der Waals surface area contributed by atoms with Crippen molar-refractivity contribution in [2.45, 2.75) is 27.7 Å². The molecule has 8 aromatic heterocycles. The summed E-state index contributed by atoms with van der Waals surface area (Å²) >= 11 is 1.68. The van der Waals surface area contributed by atoms with Crippen LogP contribution < -0.4 is 0 Å². The minimum atomic E-state index is 0. The summed E-state index contributed by atoms with van der Waals surface area (Å²) in [5.74, 6) is 0.895. The number of H-pyrrole nitrogens is 1. The number of pyridine rings is 6. The maximum absolute atomic E-state index is 4.82. The zero-order chi connectivity index (χ0) is 34.5. The second-order valence-electron chi connectivity index (χ2n) is 11.9. The van der Waals surface area contributed by atoms with Gasteiger partial charge in [-0.05, 0) is 110 Å². The first kappa shape index (κ1) is 35.3. The number of rotatable bonds is 3. The monoisotopic (exact) mass is 772 g/mol. The number of nitrogens with zero attached hydrogens (tertiary/aromatic N) is 7. The number of aromatic amines is 1. The molecule has 0 spiro atoms. The van der Waals surface area contributed by atoms with E-state index < -0.39 is 0 Å². The molecule has 0 atom stereocenters. The van der Waals surface area contributed by atoms with E-state index in [1.165, 1.54) is 11.1 Å². The Labute approximate surface area is 313 Å². The predicted octanol–water partition coefficient (Wildman–Crippen LogP) is 9.91. The number of fused-ring (bicyclic) bond motifs is 6. The van der Waals surface area contributed by atoms with Crippen LogP contribution in [0.3, 0.4) is 0 Å². The van der Waals surface area contributed by atoms with Crippen molar-refractivity contribution < 1.29 is 19.5 Å². The zero-order valence-electron chi connectivity index (χ0n) is 28.5. The van der Waals surface area contributed by atoms with Crippen LogP contribution in [0.4, 0.5) is 0 Å². The molecular weight excluding hydrogens is 738 g/mol. The van der Waals surface area contributed by atoms with Gasteiger partial charge in [-0.25, -0.2) is 4.98 Å². The van der Waals surface area contributed by atoms with Crippen molar-refractivity contribution in [2.75, 3.05) is 0 Å². The number of imidazole rings is 1. The second-order valence-corrected chi connectivity index (χ2v) is 12.8. The average molecular weight is 772 g/mol. The van der Waals surface area contributed by atoms with Gasteiger partial charge in [-0.3, -0.25) is 29.9 Å². The van der Waals surface area contributed by atoms with Crippen molar-refractivity contribution in [3.05, 3.63) is 150 Å². The molecule has 0 aliphatic carbocycles. The number of nitrogens with one attached hydrogen (secondary N) is 1. The van der Waals surface area contributed by atoms with Gasteiger partial charge < -0.3 is 4.98 Å². The molecule has 0 bridgehead atoms. The minimum absolute atomic E-state index is 0. The van der Waals surface area contributed by atoms with Gasteiger partial charge in [0.25, 0.3) is 0 Å². The maximum atomic E-state index is 4.82. The van der Waals surface area contributed by atoms with Crippen molar-refractivity contribution in [2.24, 2.45) is 0 Å². The molecule has 0 amide bonds. The molecule has 1 N–H and O–H groups in total. The minimum Gasteiger partial charge on any atom is -0.337 e. The molecule has 0 saturated carbocycles. The second kappa shape index (κ2) is 16.0. The summed E-state index contributed by atoms with van der Waals surface area (Å²) in [6.07, 6.45) is 10.9. The summed E-state index contributed by atoms with van der Waals surface area (Å²) in [7, 11) is 0. The Hall–Kier alpha value is -5.57. The van der Waals surface area contributed by atoms with Gasteiger partial charge in [0, 0.05) is 48.0 Å². The Bertz CT molecular complexity index is 2370. The van der Waals surface area contributed by atoms with Crippen LogP contribution in [0, 0.1) is 27.7 Å². The molecule has 51 heavy (non-hydrogen) atoms. The molecule has 0 unspecified atom stereocenters. The molecule has 0 aliphatic rings. The Morgan fingerprint density at radius 2 is 1.04 bits per heavy atom. The summed E-state index contributed by atoms with van der Waals surface area (Å²) in [5.41, 5.74) is 12.2. The Morgan fingerprint density at radius 3 is 1.55 bits per heavy atom. The van der Waals surface area contributed by atoms with Gasteiger partial charge in [0.1, 0.15) is 5.82 Å². The van der Waals surface area contributed by atoms with E-state index in [0.29, 0.717) is 0 Å². The summed E-state index contributed by atoms with van der Waals surface area (Å²) in [6, 6.07) is 28.2. The molecule has 0 fully saturated rings. The first-order valence-electron chi connectivity index (χ1n) is 16.2. The first-order chi connectivity index (χ1) is 24.5. The van der Waals surface area contributed by atoms with Crippen LogP contribution in [-0.2, 0) is 19.5 Å². The van der Waals surface area contributed by atoms with Gasteiger partial charge >= 0.3 is 19.5 Å². The molecule has 10 heteroatoms. The largest absolute Gasteiger partial charge is 3.00 e. The van der Waals surface area contributed by atoms with E-state index in [1.54, 1.807) is 36.1 Å². The number of thiophene rings is 1. The summed E-state index contributed by atoms with van der Waals surface area (Å²) in [5, 5.41) is 4.14. The van der Waals surface area contributed by atoms with E-state index in [9.17, 15) is 0 Å². The fourth-order valence-electron chi connectivity index (χ4n) is 5.60. The van der Waals surface area contributed by atoms with Crippen molar-refractivity contribution >= 4 is 44.2 Å².